The molecule has 9 aromatic carbocycles. The molecule has 0 saturated heterocycles. The van der Waals surface area contributed by atoms with Gasteiger partial charge in [0.25, 0.3) is 0 Å². The van der Waals surface area contributed by atoms with E-state index in [-0.39, 0.29) is 5.84 Å². The van der Waals surface area contributed by atoms with Gasteiger partial charge in [-0.05, 0) is 94.3 Å². The molecule has 3 heterocycles. The minimum atomic E-state index is 0.133. The predicted molar refractivity (Wildman–Crippen MR) is 244 cm³/mol. The Labute approximate surface area is 338 Å². The number of rotatable bonds is 4. The summed E-state index contributed by atoms with van der Waals surface area (Å²) < 4.78 is 4.75. The summed E-state index contributed by atoms with van der Waals surface area (Å²) >= 11 is 0. The third-order valence-electron chi connectivity index (χ3n) is 11.7. The van der Waals surface area contributed by atoms with Crippen LogP contribution in [0.3, 0.4) is 0 Å². The fraction of sp³-hybridized carbons (Fsp3) is 0. The fourth-order valence-electron chi connectivity index (χ4n) is 9.06. The van der Waals surface area contributed by atoms with Crippen LogP contribution < -0.4 is 5.49 Å². The van der Waals surface area contributed by atoms with E-state index in [1.54, 1.807) is 0 Å². The van der Waals surface area contributed by atoms with E-state index >= 15 is 0 Å². The molecule has 3 aromatic heterocycles. The molecule has 0 radical (unpaired) electrons. The average molecular weight is 755 g/mol. The van der Waals surface area contributed by atoms with Crippen LogP contribution in [0.15, 0.2) is 199 Å². The third kappa shape index (κ3) is 5.17. The van der Waals surface area contributed by atoms with Crippen molar-refractivity contribution >= 4 is 82.0 Å². The maximum atomic E-state index is 9.73. The van der Waals surface area contributed by atoms with Crippen LogP contribution in [-0.2, 0) is 0 Å². The number of benzene rings is 9. The van der Waals surface area contributed by atoms with Gasteiger partial charge in [-0.3, -0.25) is 5.41 Å². The van der Waals surface area contributed by atoms with E-state index in [1.165, 1.54) is 26.9 Å². The standard InChI is InChI=1S/C53H34N6/c54-52(57-53-50(33-15-3-1-4-16-33)55-43-23-11-12-24-44(43)56-53)41-22-10-14-26-46(41)59-45-25-13-9-21-39(45)40-27-28-47-49(51(40)59)42-31-36-29-34-17-7-8-18-35(34)30-37(36)32-48(42)58(47)38-19-5-2-6-20-38/h1-32H,(H2,54,56,57). The molecule has 6 nitrogen and oxygen atoms in total. The number of fused-ring (bicyclic) bond motifs is 10. The maximum absolute atomic E-state index is 9.73. The zero-order valence-electron chi connectivity index (χ0n) is 31.8. The van der Waals surface area contributed by atoms with Gasteiger partial charge in [-0.2, -0.15) is 0 Å². The summed E-state index contributed by atoms with van der Waals surface area (Å²) in [5.74, 6) is 0.133. The molecule has 0 aliphatic heterocycles. The molecule has 12 aromatic rings. The number of aromatic amines is 1. The van der Waals surface area contributed by atoms with Crippen molar-refractivity contribution in [1.29, 1.82) is 5.41 Å². The Kier molecular flexibility index (Phi) is 7.28. The second kappa shape index (κ2) is 13.0. The van der Waals surface area contributed by atoms with Crippen LogP contribution in [0.4, 0.5) is 0 Å². The molecule has 59 heavy (non-hydrogen) atoms. The van der Waals surface area contributed by atoms with Crippen LogP contribution in [-0.4, -0.2) is 24.9 Å². The van der Waals surface area contributed by atoms with E-state index < -0.39 is 0 Å². The van der Waals surface area contributed by atoms with Crippen molar-refractivity contribution in [1.82, 2.24) is 19.1 Å². The lowest BCUT2D eigenvalue weighted by atomic mass is 10.0. The van der Waals surface area contributed by atoms with Crippen LogP contribution in [0.1, 0.15) is 5.56 Å². The van der Waals surface area contributed by atoms with Crippen molar-refractivity contribution in [3.63, 3.8) is 0 Å². The Hall–Kier alpha value is -8.09. The SMILES string of the molecule is N=C(N=c1[nH]c2ccccc2nc1-c1ccccc1)c1ccccc1-n1c2ccccc2c2ccc3c(c4cc5cc6ccccc6cc5cc4n3-c3ccccc3)c21. The van der Waals surface area contributed by atoms with Crippen molar-refractivity contribution in [2.75, 3.05) is 0 Å². The van der Waals surface area contributed by atoms with Gasteiger partial charge in [0.05, 0.1) is 38.8 Å². The highest BCUT2D eigenvalue weighted by molar-refractivity contribution is 6.28. The number of hydrogen-bond acceptors (Lipinski definition) is 2. The van der Waals surface area contributed by atoms with Crippen molar-refractivity contribution < 1.29 is 0 Å². The number of para-hydroxylation sites is 5. The van der Waals surface area contributed by atoms with Crippen LogP contribution in [0.25, 0.3) is 98.8 Å². The van der Waals surface area contributed by atoms with Gasteiger partial charge in [-0.15, -0.1) is 0 Å². The molecule has 0 aliphatic rings. The number of hydrogen-bond donors (Lipinski definition) is 2. The van der Waals surface area contributed by atoms with Gasteiger partial charge in [0, 0.05) is 38.4 Å². The highest BCUT2D eigenvalue weighted by atomic mass is 15.0. The summed E-state index contributed by atoms with van der Waals surface area (Å²) in [5, 5.41) is 19.2. The molecule has 12 rings (SSSR count). The quantitative estimate of drug-likeness (QED) is 0.105. The van der Waals surface area contributed by atoms with E-state index in [2.05, 4.69) is 142 Å². The van der Waals surface area contributed by atoms with Crippen molar-refractivity contribution in [3.8, 4) is 22.6 Å². The minimum absolute atomic E-state index is 0.133. The summed E-state index contributed by atoms with van der Waals surface area (Å²) in [5.41, 5.74) is 10.9. The highest BCUT2D eigenvalue weighted by Gasteiger charge is 2.23. The van der Waals surface area contributed by atoms with Crippen LogP contribution in [0.5, 0.6) is 0 Å². The van der Waals surface area contributed by atoms with Crippen molar-refractivity contribution in [2.24, 2.45) is 4.99 Å². The lowest BCUT2D eigenvalue weighted by Crippen LogP contribution is -2.17. The second-order valence-electron chi connectivity index (χ2n) is 15.1. The first-order chi connectivity index (χ1) is 29.2. The summed E-state index contributed by atoms with van der Waals surface area (Å²) in [4.78, 5) is 13.6. The topological polar surface area (TPSA) is 74.8 Å². The first kappa shape index (κ1) is 33.1. The molecule has 276 valence electrons. The molecule has 6 heteroatoms. The Morgan fingerprint density at radius 2 is 1.19 bits per heavy atom. The molecular formula is C53H34N6. The van der Waals surface area contributed by atoms with Gasteiger partial charge >= 0.3 is 0 Å². The minimum Gasteiger partial charge on any atom is -0.337 e. The smallest absolute Gasteiger partial charge is 0.159 e. The molecule has 0 bridgehead atoms. The zero-order valence-corrected chi connectivity index (χ0v) is 31.8. The Morgan fingerprint density at radius 1 is 0.508 bits per heavy atom. The van der Waals surface area contributed by atoms with E-state index in [1.807, 2.05) is 66.7 Å². The van der Waals surface area contributed by atoms with Crippen LogP contribution >= 0.6 is 0 Å². The van der Waals surface area contributed by atoms with Crippen molar-refractivity contribution in [3.05, 3.63) is 205 Å². The molecule has 2 N–H and O–H groups in total. The average Bonchev–Trinajstić information content (AvgIpc) is 3.80. The van der Waals surface area contributed by atoms with E-state index in [0.717, 1.165) is 66.2 Å². The van der Waals surface area contributed by atoms with Crippen molar-refractivity contribution in [2.45, 2.75) is 0 Å². The number of nitrogens with one attached hydrogen (secondary N) is 2. The number of aromatic nitrogens is 4. The first-order valence-corrected chi connectivity index (χ1v) is 19.8. The molecule has 0 atom stereocenters. The summed E-state index contributed by atoms with van der Waals surface area (Å²) in [6, 6.07) is 67.9. The normalized spacial score (nSPS) is 12.2. The van der Waals surface area contributed by atoms with E-state index in [0.29, 0.717) is 16.7 Å². The van der Waals surface area contributed by atoms with Gasteiger partial charge < -0.3 is 14.1 Å². The fourth-order valence-corrected chi connectivity index (χ4v) is 9.06. The molecular weight excluding hydrogens is 721 g/mol. The van der Waals surface area contributed by atoms with Gasteiger partial charge in [-0.25, -0.2) is 9.98 Å². The van der Waals surface area contributed by atoms with Crippen LogP contribution in [0, 0.1) is 5.41 Å². The number of H-pyrrole nitrogens is 1. The van der Waals surface area contributed by atoms with Gasteiger partial charge in [-0.1, -0.05) is 121 Å². The first-order valence-electron chi connectivity index (χ1n) is 19.8. The van der Waals surface area contributed by atoms with Crippen LogP contribution in [0.2, 0.25) is 0 Å². The molecule has 0 aliphatic carbocycles. The number of nitrogens with zero attached hydrogens (tertiary/aromatic N) is 4. The monoisotopic (exact) mass is 754 g/mol. The number of amidine groups is 1. The summed E-state index contributed by atoms with van der Waals surface area (Å²) in [6.45, 7) is 0. The zero-order chi connectivity index (χ0) is 39.0. The lowest BCUT2D eigenvalue weighted by molar-refractivity contribution is 1.14. The second-order valence-corrected chi connectivity index (χ2v) is 15.1. The largest absolute Gasteiger partial charge is 0.337 e. The molecule has 0 amide bonds. The van der Waals surface area contributed by atoms with E-state index in [4.69, 9.17) is 9.98 Å². The highest BCUT2D eigenvalue weighted by Crippen LogP contribution is 2.43. The Balaban J connectivity index is 1.17. The van der Waals surface area contributed by atoms with Gasteiger partial charge in [0.15, 0.2) is 11.3 Å². The maximum Gasteiger partial charge on any atom is 0.159 e. The van der Waals surface area contributed by atoms with E-state index in [9.17, 15) is 5.41 Å². The lowest BCUT2D eigenvalue weighted by Gasteiger charge is -2.14. The van der Waals surface area contributed by atoms with Gasteiger partial charge in [0.1, 0.15) is 5.69 Å². The molecule has 0 spiro atoms. The molecule has 0 saturated carbocycles. The predicted octanol–water partition coefficient (Wildman–Crippen LogP) is 12.7. The molecule has 0 unspecified atom stereocenters. The Bertz CT molecular complexity index is 3740. The molecule has 0 fully saturated rings. The Morgan fingerprint density at radius 3 is 2.02 bits per heavy atom. The third-order valence-corrected chi connectivity index (χ3v) is 11.7. The summed E-state index contributed by atoms with van der Waals surface area (Å²) in [6.07, 6.45) is 0. The summed E-state index contributed by atoms with van der Waals surface area (Å²) in [7, 11) is 0. The van der Waals surface area contributed by atoms with Gasteiger partial charge in [0.2, 0.25) is 0 Å².